The number of aromatic nitrogens is 1. The Hall–Kier alpha value is -2.45. The zero-order chi connectivity index (χ0) is 23.1. The molecule has 32 heavy (non-hydrogen) atoms. The molecule has 1 saturated heterocycles. The molecule has 1 amide bonds. The zero-order valence-electron chi connectivity index (χ0n) is 17.2. The SMILES string of the molecule is CCOC(=O)Cc1csc(NC(=S)NC(=O)c2ccc(S(=O)(=O)N3CCOCC3)cc2)n1. The average Bonchev–Trinajstić information content (AvgIpc) is 3.20. The Labute approximate surface area is 195 Å². The zero-order valence-corrected chi connectivity index (χ0v) is 19.6. The van der Waals surface area contributed by atoms with Crippen LogP contribution in [-0.4, -0.2) is 67.6 Å². The largest absolute Gasteiger partial charge is 0.466 e. The van der Waals surface area contributed by atoms with Crippen molar-refractivity contribution in [1.29, 1.82) is 0 Å². The molecule has 2 aromatic rings. The predicted molar refractivity (Wildman–Crippen MR) is 122 cm³/mol. The smallest absolute Gasteiger partial charge is 0.311 e. The fourth-order valence-corrected chi connectivity index (χ4v) is 5.20. The van der Waals surface area contributed by atoms with E-state index in [0.29, 0.717) is 43.7 Å². The summed E-state index contributed by atoms with van der Waals surface area (Å²) in [6.07, 6.45) is 0.0465. The molecule has 0 bridgehead atoms. The number of nitrogens with one attached hydrogen (secondary N) is 2. The van der Waals surface area contributed by atoms with Crippen molar-refractivity contribution in [2.75, 3.05) is 38.2 Å². The molecule has 2 N–H and O–H groups in total. The van der Waals surface area contributed by atoms with Gasteiger partial charge >= 0.3 is 5.97 Å². The molecule has 0 spiro atoms. The number of nitrogens with zero attached hydrogens (tertiary/aromatic N) is 2. The van der Waals surface area contributed by atoms with Gasteiger partial charge in [0.1, 0.15) is 0 Å². The fraction of sp³-hybridized carbons (Fsp3) is 0.368. The third-order valence-corrected chi connectivity index (χ3v) is 7.28. The minimum Gasteiger partial charge on any atom is -0.466 e. The molecule has 1 fully saturated rings. The Morgan fingerprint density at radius 1 is 1.25 bits per heavy atom. The van der Waals surface area contributed by atoms with Crippen molar-refractivity contribution in [2.24, 2.45) is 0 Å². The first-order valence-corrected chi connectivity index (χ1v) is 12.4. The minimum absolute atomic E-state index is 0.0250. The van der Waals surface area contributed by atoms with Gasteiger partial charge in [0.2, 0.25) is 10.0 Å². The number of esters is 1. The number of carbonyl (C=O) groups excluding carboxylic acids is 2. The number of anilines is 1. The summed E-state index contributed by atoms with van der Waals surface area (Å²) in [4.78, 5) is 28.3. The van der Waals surface area contributed by atoms with Crippen LogP contribution in [0.4, 0.5) is 5.13 Å². The molecular weight excluding hydrogens is 476 g/mol. The van der Waals surface area contributed by atoms with Gasteiger partial charge in [0.15, 0.2) is 10.2 Å². The molecule has 0 saturated carbocycles. The molecule has 2 heterocycles. The first kappa shape index (κ1) is 24.2. The second kappa shape index (κ2) is 10.9. The molecule has 0 unspecified atom stereocenters. The van der Waals surface area contributed by atoms with E-state index >= 15 is 0 Å². The van der Waals surface area contributed by atoms with E-state index in [1.165, 1.54) is 39.9 Å². The van der Waals surface area contributed by atoms with Crippen LogP contribution < -0.4 is 10.6 Å². The lowest BCUT2D eigenvalue weighted by atomic mass is 10.2. The minimum atomic E-state index is -3.63. The van der Waals surface area contributed by atoms with E-state index in [2.05, 4.69) is 15.6 Å². The van der Waals surface area contributed by atoms with Gasteiger partial charge in [0.25, 0.3) is 5.91 Å². The number of thiocarbonyl (C=S) groups is 1. The van der Waals surface area contributed by atoms with E-state index in [4.69, 9.17) is 21.7 Å². The van der Waals surface area contributed by atoms with Crippen LogP contribution >= 0.6 is 23.6 Å². The first-order chi connectivity index (χ1) is 15.3. The molecule has 0 aliphatic carbocycles. The van der Waals surface area contributed by atoms with Gasteiger partial charge in [0, 0.05) is 24.0 Å². The number of rotatable bonds is 7. The van der Waals surface area contributed by atoms with Crippen LogP contribution in [0.1, 0.15) is 23.0 Å². The maximum absolute atomic E-state index is 12.7. The summed E-state index contributed by atoms with van der Waals surface area (Å²) in [5, 5.41) is 7.44. The Morgan fingerprint density at radius 3 is 2.59 bits per heavy atom. The topological polar surface area (TPSA) is 127 Å². The third kappa shape index (κ3) is 6.29. The van der Waals surface area contributed by atoms with Crippen LogP contribution in [0.3, 0.4) is 0 Å². The lowest BCUT2D eigenvalue weighted by Crippen LogP contribution is -2.40. The van der Waals surface area contributed by atoms with Gasteiger partial charge in [-0.05, 0) is 43.4 Å². The maximum Gasteiger partial charge on any atom is 0.311 e. The first-order valence-electron chi connectivity index (χ1n) is 9.70. The summed E-state index contributed by atoms with van der Waals surface area (Å²) in [5.41, 5.74) is 0.777. The Kier molecular flexibility index (Phi) is 8.26. The number of benzene rings is 1. The van der Waals surface area contributed by atoms with Crippen molar-refractivity contribution in [3.8, 4) is 0 Å². The van der Waals surface area contributed by atoms with Crippen LogP contribution in [0.2, 0.25) is 0 Å². The number of carbonyl (C=O) groups is 2. The number of morpholine rings is 1. The highest BCUT2D eigenvalue weighted by atomic mass is 32.2. The Balaban J connectivity index is 1.56. The summed E-state index contributed by atoms with van der Waals surface area (Å²) < 4.78 is 36.7. The molecule has 1 aliphatic heterocycles. The number of ether oxygens (including phenoxy) is 2. The average molecular weight is 499 g/mol. The third-order valence-electron chi connectivity index (χ3n) is 4.35. The lowest BCUT2D eigenvalue weighted by Gasteiger charge is -2.26. The van der Waals surface area contributed by atoms with Gasteiger partial charge in [-0.3, -0.25) is 14.9 Å². The fourth-order valence-electron chi connectivity index (χ4n) is 2.82. The van der Waals surface area contributed by atoms with Gasteiger partial charge in [-0.25, -0.2) is 13.4 Å². The van der Waals surface area contributed by atoms with Gasteiger partial charge in [-0.2, -0.15) is 4.31 Å². The molecule has 172 valence electrons. The summed E-state index contributed by atoms with van der Waals surface area (Å²) >= 11 is 6.37. The predicted octanol–water partition coefficient (Wildman–Crippen LogP) is 1.40. The number of thiazole rings is 1. The molecule has 1 aromatic carbocycles. The van der Waals surface area contributed by atoms with Gasteiger partial charge in [0.05, 0.1) is 36.8 Å². The summed E-state index contributed by atoms with van der Waals surface area (Å²) in [6.45, 7) is 3.32. The van der Waals surface area contributed by atoms with E-state index in [1.54, 1.807) is 12.3 Å². The van der Waals surface area contributed by atoms with E-state index in [0.717, 1.165) is 0 Å². The van der Waals surface area contributed by atoms with Crippen molar-refractivity contribution in [3.05, 3.63) is 40.9 Å². The number of hydrogen-bond acceptors (Lipinski definition) is 9. The van der Waals surface area contributed by atoms with Crippen LogP contribution in [0.25, 0.3) is 0 Å². The van der Waals surface area contributed by atoms with Crippen molar-refractivity contribution < 1.29 is 27.5 Å². The standard InChI is InChI=1S/C19H22N4O6S3/c1-2-29-16(24)11-14-12-31-19(20-14)22-18(30)21-17(25)13-3-5-15(6-4-13)32(26,27)23-7-9-28-10-8-23/h3-6,12H,2,7-11H2,1H3,(H2,20,21,22,25,30). The monoisotopic (exact) mass is 498 g/mol. The summed E-state index contributed by atoms with van der Waals surface area (Å²) in [7, 11) is -3.63. The number of sulfonamides is 1. The lowest BCUT2D eigenvalue weighted by molar-refractivity contribution is -0.142. The highest BCUT2D eigenvalue weighted by Crippen LogP contribution is 2.18. The highest BCUT2D eigenvalue weighted by Gasteiger charge is 2.26. The maximum atomic E-state index is 12.7. The van der Waals surface area contributed by atoms with Crippen LogP contribution in [0.5, 0.6) is 0 Å². The van der Waals surface area contributed by atoms with E-state index in [9.17, 15) is 18.0 Å². The van der Waals surface area contributed by atoms with Crippen LogP contribution in [0.15, 0.2) is 34.5 Å². The second-order valence-electron chi connectivity index (χ2n) is 6.57. The van der Waals surface area contributed by atoms with E-state index < -0.39 is 15.9 Å². The molecule has 1 aliphatic rings. The van der Waals surface area contributed by atoms with Gasteiger partial charge in [-0.1, -0.05) is 0 Å². The summed E-state index contributed by atoms with van der Waals surface area (Å²) in [5.74, 6) is -0.875. The number of amides is 1. The Bertz CT molecular complexity index is 1080. The highest BCUT2D eigenvalue weighted by molar-refractivity contribution is 7.89. The Morgan fingerprint density at radius 2 is 1.94 bits per heavy atom. The van der Waals surface area contributed by atoms with E-state index in [1.807, 2.05) is 0 Å². The molecule has 1 aromatic heterocycles. The van der Waals surface area contributed by atoms with Crippen LogP contribution in [0, 0.1) is 0 Å². The second-order valence-corrected chi connectivity index (χ2v) is 9.78. The normalized spacial score (nSPS) is 14.5. The van der Waals surface area contributed by atoms with Gasteiger partial charge in [-0.15, -0.1) is 11.3 Å². The van der Waals surface area contributed by atoms with Gasteiger partial charge < -0.3 is 14.8 Å². The molecule has 10 nitrogen and oxygen atoms in total. The number of hydrogen-bond donors (Lipinski definition) is 2. The van der Waals surface area contributed by atoms with E-state index in [-0.39, 0.29) is 28.0 Å². The van der Waals surface area contributed by atoms with Crippen molar-refractivity contribution in [2.45, 2.75) is 18.2 Å². The van der Waals surface area contributed by atoms with Crippen molar-refractivity contribution in [1.82, 2.24) is 14.6 Å². The molecule has 0 atom stereocenters. The molecular formula is C19H22N4O6S3. The van der Waals surface area contributed by atoms with Crippen LogP contribution in [-0.2, 0) is 30.7 Å². The molecule has 13 heteroatoms. The van der Waals surface area contributed by atoms with Crippen molar-refractivity contribution >= 4 is 55.7 Å². The molecule has 0 radical (unpaired) electrons. The summed E-state index contributed by atoms with van der Waals surface area (Å²) in [6, 6.07) is 5.62. The molecule has 3 rings (SSSR count). The quantitative estimate of drug-likeness (QED) is 0.430. The van der Waals surface area contributed by atoms with Crippen molar-refractivity contribution in [3.63, 3.8) is 0 Å².